The molecule has 0 spiro atoms. The summed E-state index contributed by atoms with van der Waals surface area (Å²) in [5, 5.41) is 9.48. The van der Waals surface area contributed by atoms with Gasteiger partial charge in [-0.05, 0) is 37.1 Å². The molecule has 1 aromatic heterocycles. The lowest BCUT2D eigenvalue weighted by Crippen LogP contribution is -2.62. The molecule has 2 heterocycles. The fourth-order valence-corrected chi connectivity index (χ4v) is 3.34. The number of halogens is 3. The second-order valence-electron chi connectivity index (χ2n) is 7.35. The Morgan fingerprint density at radius 2 is 1.93 bits per heavy atom. The Hall–Kier alpha value is -3.04. The number of alkyl halides is 3. The first-order valence-corrected chi connectivity index (χ1v) is 9.39. The average Bonchev–Trinajstić information content (AvgIpc) is 3.09. The van der Waals surface area contributed by atoms with Crippen LogP contribution in [0.1, 0.15) is 24.8 Å². The van der Waals surface area contributed by atoms with Crippen LogP contribution < -0.4 is 10.6 Å². The van der Waals surface area contributed by atoms with Crippen LogP contribution in [0.15, 0.2) is 36.7 Å². The number of hydrogen-bond acceptors (Lipinski definition) is 3. The van der Waals surface area contributed by atoms with Crippen molar-refractivity contribution < 1.29 is 22.8 Å². The van der Waals surface area contributed by atoms with Gasteiger partial charge in [0.2, 0.25) is 5.91 Å². The Morgan fingerprint density at radius 1 is 1.17 bits per heavy atom. The number of anilines is 1. The van der Waals surface area contributed by atoms with Gasteiger partial charge in [0.15, 0.2) is 0 Å². The molecular weight excluding hydrogens is 387 g/mol. The van der Waals surface area contributed by atoms with Gasteiger partial charge in [0.1, 0.15) is 0 Å². The van der Waals surface area contributed by atoms with E-state index in [4.69, 9.17) is 0 Å². The number of hydrogen-bond donors (Lipinski definition) is 2. The molecule has 2 aromatic rings. The third-order valence-electron chi connectivity index (χ3n) is 5.31. The SMILES string of the molecule is O=C(NC1CN(C(=O)Nc2cc(C(F)(F)F)ccc2-n2cccn2)C1)C1CCC1. The van der Waals surface area contributed by atoms with Crippen LogP contribution in [0.25, 0.3) is 5.69 Å². The van der Waals surface area contributed by atoms with Gasteiger partial charge >= 0.3 is 12.2 Å². The van der Waals surface area contributed by atoms with Crippen LogP contribution in [0, 0.1) is 5.92 Å². The fourth-order valence-electron chi connectivity index (χ4n) is 3.34. The van der Waals surface area contributed by atoms with Crippen molar-refractivity contribution in [3.63, 3.8) is 0 Å². The molecular formula is C19H20F3N5O2. The lowest BCUT2D eigenvalue weighted by Gasteiger charge is -2.40. The number of nitrogens with zero attached hydrogens (tertiary/aromatic N) is 3. The van der Waals surface area contributed by atoms with Crippen LogP contribution in [-0.2, 0) is 11.0 Å². The van der Waals surface area contributed by atoms with Crippen molar-refractivity contribution in [3.05, 3.63) is 42.2 Å². The normalized spacial score (nSPS) is 17.4. The van der Waals surface area contributed by atoms with E-state index in [-0.39, 0.29) is 23.6 Å². The summed E-state index contributed by atoms with van der Waals surface area (Å²) in [4.78, 5) is 25.9. The van der Waals surface area contributed by atoms with Gasteiger partial charge in [-0.15, -0.1) is 0 Å². The van der Waals surface area contributed by atoms with E-state index in [0.29, 0.717) is 18.8 Å². The molecule has 1 saturated carbocycles. The standard InChI is InChI=1S/C19H20F3N5O2/c20-19(21,22)13-5-6-16(27-8-2-7-23-27)15(9-13)25-18(29)26-10-14(11-26)24-17(28)12-3-1-4-12/h2,5-9,12,14H,1,3-4,10-11H2,(H,24,28)(H,25,29). The second-order valence-corrected chi connectivity index (χ2v) is 7.35. The quantitative estimate of drug-likeness (QED) is 0.818. The number of rotatable bonds is 4. The predicted octanol–water partition coefficient (Wildman–Crippen LogP) is 3.02. The van der Waals surface area contributed by atoms with Crippen LogP contribution in [-0.4, -0.2) is 45.8 Å². The maximum atomic E-state index is 13.1. The Bertz CT molecular complexity index is 903. The van der Waals surface area contributed by atoms with Gasteiger partial charge in [0.05, 0.1) is 23.0 Å². The minimum absolute atomic E-state index is 0.00970. The highest BCUT2D eigenvalue weighted by molar-refractivity contribution is 5.92. The number of nitrogens with one attached hydrogen (secondary N) is 2. The highest BCUT2D eigenvalue weighted by Crippen LogP contribution is 2.33. The van der Waals surface area contributed by atoms with Crippen LogP contribution in [0.5, 0.6) is 0 Å². The maximum Gasteiger partial charge on any atom is 0.416 e. The van der Waals surface area contributed by atoms with Gasteiger partial charge in [0.25, 0.3) is 0 Å². The molecule has 0 unspecified atom stereocenters. The smallest absolute Gasteiger partial charge is 0.350 e. The van der Waals surface area contributed by atoms with Crippen LogP contribution in [0.3, 0.4) is 0 Å². The van der Waals surface area contributed by atoms with Gasteiger partial charge in [-0.3, -0.25) is 4.79 Å². The first-order chi connectivity index (χ1) is 13.8. The third-order valence-corrected chi connectivity index (χ3v) is 5.31. The molecule has 1 saturated heterocycles. The van der Waals surface area contributed by atoms with Crippen molar-refractivity contribution in [1.29, 1.82) is 0 Å². The molecule has 29 heavy (non-hydrogen) atoms. The first-order valence-electron chi connectivity index (χ1n) is 9.39. The van der Waals surface area contributed by atoms with E-state index in [9.17, 15) is 22.8 Å². The van der Waals surface area contributed by atoms with Gasteiger partial charge in [-0.2, -0.15) is 18.3 Å². The number of likely N-dealkylation sites (tertiary alicyclic amines) is 1. The Labute approximate surface area is 164 Å². The van der Waals surface area contributed by atoms with Crippen molar-refractivity contribution in [2.45, 2.75) is 31.5 Å². The molecule has 1 aliphatic heterocycles. The number of benzene rings is 1. The van der Waals surface area contributed by atoms with E-state index >= 15 is 0 Å². The zero-order chi connectivity index (χ0) is 20.6. The summed E-state index contributed by atoms with van der Waals surface area (Å²) in [6.45, 7) is 0.640. The zero-order valence-electron chi connectivity index (χ0n) is 15.4. The van der Waals surface area contributed by atoms with E-state index < -0.39 is 17.8 Å². The second kappa shape index (κ2) is 7.41. The summed E-state index contributed by atoms with van der Waals surface area (Å²) in [6.07, 6.45) is 1.40. The van der Waals surface area contributed by atoms with Crippen LogP contribution in [0.4, 0.5) is 23.7 Å². The van der Waals surface area contributed by atoms with Crippen molar-refractivity contribution in [2.75, 3.05) is 18.4 Å². The van der Waals surface area contributed by atoms with Crippen molar-refractivity contribution >= 4 is 17.6 Å². The monoisotopic (exact) mass is 407 g/mol. The van der Waals surface area contributed by atoms with Gasteiger partial charge in [0, 0.05) is 31.4 Å². The lowest BCUT2D eigenvalue weighted by atomic mass is 9.84. The van der Waals surface area contributed by atoms with E-state index in [0.717, 1.165) is 31.4 Å². The Balaban J connectivity index is 1.43. The zero-order valence-corrected chi connectivity index (χ0v) is 15.4. The Morgan fingerprint density at radius 3 is 2.52 bits per heavy atom. The molecule has 0 radical (unpaired) electrons. The van der Waals surface area contributed by atoms with E-state index in [1.807, 2.05) is 0 Å². The summed E-state index contributed by atoms with van der Waals surface area (Å²) in [7, 11) is 0. The summed E-state index contributed by atoms with van der Waals surface area (Å²) < 4.78 is 40.7. The molecule has 10 heteroatoms. The number of carbonyl (C=O) groups is 2. The van der Waals surface area contributed by atoms with E-state index in [1.165, 1.54) is 21.8 Å². The predicted molar refractivity (Wildman–Crippen MR) is 98.4 cm³/mol. The molecule has 1 aliphatic carbocycles. The molecule has 4 rings (SSSR count). The van der Waals surface area contributed by atoms with Crippen molar-refractivity contribution in [1.82, 2.24) is 20.0 Å². The summed E-state index contributed by atoms with van der Waals surface area (Å²) in [5.74, 6) is 0.0831. The van der Waals surface area contributed by atoms with Crippen LogP contribution in [0.2, 0.25) is 0 Å². The molecule has 154 valence electrons. The van der Waals surface area contributed by atoms with E-state index in [2.05, 4.69) is 15.7 Å². The van der Waals surface area contributed by atoms with Gasteiger partial charge in [-0.1, -0.05) is 6.42 Å². The molecule has 3 amide bonds. The van der Waals surface area contributed by atoms with Crippen molar-refractivity contribution in [2.24, 2.45) is 5.92 Å². The number of urea groups is 1. The number of aromatic nitrogens is 2. The topological polar surface area (TPSA) is 79.3 Å². The highest BCUT2D eigenvalue weighted by atomic mass is 19.4. The molecule has 0 atom stereocenters. The number of amides is 3. The highest BCUT2D eigenvalue weighted by Gasteiger charge is 2.35. The van der Waals surface area contributed by atoms with Gasteiger partial charge < -0.3 is 15.5 Å². The van der Waals surface area contributed by atoms with Crippen LogP contribution >= 0.6 is 0 Å². The summed E-state index contributed by atoms with van der Waals surface area (Å²) in [6, 6.07) is 4.09. The maximum absolute atomic E-state index is 13.1. The van der Waals surface area contributed by atoms with Gasteiger partial charge in [-0.25, -0.2) is 9.48 Å². The molecule has 1 aromatic carbocycles. The fraction of sp³-hybridized carbons (Fsp3) is 0.421. The minimum atomic E-state index is -4.53. The first kappa shape index (κ1) is 19.3. The molecule has 7 nitrogen and oxygen atoms in total. The molecule has 2 N–H and O–H groups in total. The average molecular weight is 407 g/mol. The van der Waals surface area contributed by atoms with Crippen molar-refractivity contribution in [3.8, 4) is 5.69 Å². The molecule has 2 fully saturated rings. The third kappa shape index (κ3) is 4.06. The summed E-state index contributed by atoms with van der Waals surface area (Å²) in [5.41, 5.74) is -0.528. The molecule has 0 bridgehead atoms. The minimum Gasteiger partial charge on any atom is -0.350 e. The lowest BCUT2D eigenvalue weighted by molar-refractivity contribution is -0.137. The Kier molecular flexibility index (Phi) is 4.93. The molecule has 2 aliphatic rings. The summed E-state index contributed by atoms with van der Waals surface area (Å²) >= 11 is 0. The largest absolute Gasteiger partial charge is 0.416 e. The number of carbonyl (C=O) groups excluding carboxylic acids is 2. The van der Waals surface area contributed by atoms with E-state index in [1.54, 1.807) is 12.3 Å².